The van der Waals surface area contributed by atoms with Crippen LogP contribution in [0.1, 0.15) is 31.2 Å². The zero-order valence-electron chi connectivity index (χ0n) is 18.7. The van der Waals surface area contributed by atoms with Crippen molar-refractivity contribution in [2.45, 2.75) is 38.6 Å². The van der Waals surface area contributed by atoms with Crippen molar-refractivity contribution in [3.63, 3.8) is 0 Å². The van der Waals surface area contributed by atoms with Crippen LogP contribution in [0.4, 0.5) is 0 Å². The molecule has 0 bridgehead atoms. The van der Waals surface area contributed by atoms with Gasteiger partial charge in [0.25, 0.3) is 0 Å². The number of hydrogen-bond acceptors (Lipinski definition) is 5. The first-order valence-electron chi connectivity index (χ1n) is 11.2. The SMILES string of the molecule is COc1cc(CCC2CCN(C(=O)CCn3c(=O)oc4ccccc43)CC2)cc(OC)c1. The van der Waals surface area contributed by atoms with E-state index in [4.69, 9.17) is 13.9 Å². The number of carbonyl (C=O) groups excluding carboxylic acids is 1. The molecule has 1 aliphatic heterocycles. The smallest absolute Gasteiger partial charge is 0.419 e. The first kappa shape index (κ1) is 22.0. The number of para-hydroxylation sites is 2. The summed E-state index contributed by atoms with van der Waals surface area (Å²) in [6, 6.07) is 13.3. The lowest BCUT2D eigenvalue weighted by atomic mass is 9.90. The molecule has 1 fully saturated rings. The van der Waals surface area contributed by atoms with Gasteiger partial charge in [-0.2, -0.15) is 0 Å². The fraction of sp³-hybridized carbons (Fsp3) is 0.440. The Morgan fingerprint density at radius 3 is 2.44 bits per heavy atom. The van der Waals surface area contributed by atoms with Crippen LogP contribution in [-0.4, -0.2) is 42.7 Å². The third kappa shape index (κ3) is 4.98. The zero-order chi connectivity index (χ0) is 22.5. The van der Waals surface area contributed by atoms with E-state index in [-0.39, 0.29) is 5.91 Å². The molecule has 0 spiro atoms. The maximum atomic E-state index is 12.7. The molecule has 3 aromatic rings. The maximum absolute atomic E-state index is 12.7. The predicted octanol–water partition coefficient (Wildman–Crippen LogP) is 3.87. The molecule has 1 aromatic heterocycles. The van der Waals surface area contributed by atoms with Gasteiger partial charge >= 0.3 is 5.76 Å². The summed E-state index contributed by atoms with van der Waals surface area (Å²) in [7, 11) is 3.33. The van der Waals surface area contributed by atoms with Crippen LogP contribution in [0.15, 0.2) is 51.7 Å². The van der Waals surface area contributed by atoms with Gasteiger partial charge in [0.2, 0.25) is 5.91 Å². The van der Waals surface area contributed by atoms with Crippen LogP contribution in [0, 0.1) is 5.92 Å². The minimum Gasteiger partial charge on any atom is -0.497 e. The third-order valence-electron chi connectivity index (χ3n) is 6.34. The number of amides is 1. The van der Waals surface area contributed by atoms with Gasteiger partial charge in [0, 0.05) is 32.1 Å². The third-order valence-corrected chi connectivity index (χ3v) is 6.34. The van der Waals surface area contributed by atoms with Crippen molar-refractivity contribution < 1.29 is 18.7 Å². The van der Waals surface area contributed by atoms with Crippen molar-refractivity contribution in [3.05, 3.63) is 58.6 Å². The molecule has 32 heavy (non-hydrogen) atoms. The van der Waals surface area contributed by atoms with Crippen molar-refractivity contribution in [3.8, 4) is 11.5 Å². The van der Waals surface area contributed by atoms with Crippen LogP contribution in [0.5, 0.6) is 11.5 Å². The number of rotatable bonds is 8. The number of methoxy groups -OCH3 is 2. The fourth-order valence-corrected chi connectivity index (χ4v) is 4.44. The first-order chi connectivity index (χ1) is 15.6. The Bertz CT molecular complexity index is 1100. The van der Waals surface area contributed by atoms with E-state index in [1.165, 1.54) is 5.56 Å². The van der Waals surface area contributed by atoms with Gasteiger partial charge in [0.1, 0.15) is 11.5 Å². The number of oxazole rings is 1. The van der Waals surface area contributed by atoms with Crippen molar-refractivity contribution in [1.29, 1.82) is 0 Å². The van der Waals surface area contributed by atoms with Gasteiger partial charge in [-0.25, -0.2) is 4.79 Å². The van der Waals surface area contributed by atoms with E-state index >= 15 is 0 Å². The number of nitrogens with zero attached hydrogens (tertiary/aromatic N) is 2. The lowest BCUT2D eigenvalue weighted by Gasteiger charge is -2.32. The highest BCUT2D eigenvalue weighted by Crippen LogP contribution is 2.27. The van der Waals surface area contributed by atoms with Crippen LogP contribution < -0.4 is 15.2 Å². The van der Waals surface area contributed by atoms with E-state index in [0.717, 1.165) is 55.8 Å². The molecule has 1 aliphatic rings. The van der Waals surface area contributed by atoms with Crippen LogP contribution in [0.3, 0.4) is 0 Å². The van der Waals surface area contributed by atoms with Crippen LogP contribution in [-0.2, 0) is 17.8 Å². The summed E-state index contributed by atoms with van der Waals surface area (Å²) in [5.41, 5.74) is 2.50. The van der Waals surface area contributed by atoms with Crippen LogP contribution >= 0.6 is 0 Å². The molecule has 2 aromatic carbocycles. The second-order valence-corrected chi connectivity index (χ2v) is 8.32. The maximum Gasteiger partial charge on any atom is 0.419 e. The number of ether oxygens (including phenoxy) is 2. The minimum atomic E-state index is -0.410. The van der Waals surface area contributed by atoms with Crippen molar-refractivity contribution in [1.82, 2.24) is 9.47 Å². The molecule has 2 heterocycles. The van der Waals surface area contributed by atoms with Crippen molar-refractivity contribution >= 4 is 17.0 Å². The summed E-state index contributed by atoms with van der Waals surface area (Å²) in [6.07, 6.45) is 4.35. The average molecular weight is 439 g/mol. The Morgan fingerprint density at radius 2 is 1.75 bits per heavy atom. The predicted molar refractivity (Wildman–Crippen MR) is 122 cm³/mol. The standard InChI is InChI=1S/C25H30N2O5/c1-30-20-15-19(16-21(17-20)31-2)8-7-18-9-12-26(13-10-18)24(28)11-14-27-22-5-3-4-6-23(22)32-25(27)29/h3-6,15-18H,7-14H2,1-2H3. The number of likely N-dealkylation sites (tertiary alicyclic amines) is 1. The molecule has 0 saturated carbocycles. The van der Waals surface area contributed by atoms with Crippen LogP contribution in [0.2, 0.25) is 0 Å². The quantitative estimate of drug-likeness (QED) is 0.534. The van der Waals surface area contributed by atoms with Gasteiger partial charge < -0.3 is 18.8 Å². The topological polar surface area (TPSA) is 73.9 Å². The molecule has 0 N–H and O–H groups in total. The molecule has 0 unspecified atom stereocenters. The Morgan fingerprint density at radius 1 is 1.06 bits per heavy atom. The fourth-order valence-electron chi connectivity index (χ4n) is 4.44. The molecule has 4 rings (SSSR count). The number of aromatic nitrogens is 1. The van der Waals surface area contributed by atoms with Crippen molar-refractivity contribution in [2.24, 2.45) is 5.92 Å². The second-order valence-electron chi connectivity index (χ2n) is 8.32. The number of hydrogen-bond donors (Lipinski definition) is 0. The van der Waals surface area contributed by atoms with E-state index in [1.807, 2.05) is 29.2 Å². The zero-order valence-corrected chi connectivity index (χ0v) is 18.7. The number of piperidine rings is 1. The van der Waals surface area contributed by atoms with E-state index in [2.05, 4.69) is 12.1 Å². The number of aryl methyl sites for hydroxylation is 2. The van der Waals surface area contributed by atoms with Gasteiger partial charge in [0.05, 0.1) is 19.7 Å². The van der Waals surface area contributed by atoms with Gasteiger partial charge in [-0.3, -0.25) is 9.36 Å². The molecular formula is C25H30N2O5. The Kier molecular flexibility index (Phi) is 6.83. The normalized spacial score (nSPS) is 14.6. The molecular weight excluding hydrogens is 408 g/mol. The second kappa shape index (κ2) is 9.94. The molecule has 0 aliphatic carbocycles. The molecule has 0 radical (unpaired) electrons. The van der Waals surface area contributed by atoms with Crippen molar-refractivity contribution in [2.75, 3.05) is 27.3 Å². The minimum absolute atomic E-state index is 0.0955. The monoisotopic (exact) mass is 438 g/mol. The number of fused-ring (bicyclic) bond motifs is 1. The summed E-state index contributed by atoms with van der Waals surface area (Å²) < 4.78 is 17.5. The Balaban J connectivity index is 1.26. The lowest BCUT2D eigenvalue weighted by Crippen LogP contribution is -2.39. The molecule has 7 nitrogen and oxygen atoms in total. The van der Waals surface area contributed by atoms with Gasteiger partial charge in [0.15, 0.2) is 5.58 Å². The number of benzene rings is 2. The summed E-state index contributed by atoms with van der Waals surface area (Å²) in [5.74, 6) is 1.90. The summed E-state index contributed by atoms with van der Waals surface area (Å²) in [6.45, 7) is 1.88. The highest BCUT2D eigenvalue weighted by atomic mass is 16.5. The average Bonchev–Trinajstić information content (AvgIpc) is 3.16. The molecule has 170 valence electrons. The summed E-state index contributed by atoms with van der Waals surface area (Å²) >= 11 is 0. The van der Waals surface area contributed by atoms with Gasteiger partial charge in [-0.05, 0) is 61.4 Å². The van der Waals surface area contributed by atoms with E-state index in [9.17, 15) is 9.59 Å². The largest absolute Gasteiger partial charge is 0.497 e. The van der Waals surface area contributed by atoms with E-state index < -0.39 is 5.76 Å². The molecule has 1 amide bonds. The number of carbonyl (C=O) groups is 1. The summed E-state index contributed by atoms with van der Waals surface area (Å²) in [4.78, 5) is 26.7. The molecule has 0 atom stereocenters. The summed E-state index contributed by atoms with van der Waals surface area (Å²) in [5, 5.41) is 0. The molecule has 1 saturated heterocycles. The van der Waals surface area contributed by atoms with Gasteiger partial charge in [-0.1, -0.05) is 12.1 Å². The Labute approximate surface area is 187 Å². The van der Waals surface area contributed by atoms with E-state index in [1.54, 1.807) is 24.9 Å². The Hall–Kier alpha value is -3.22. The van der Waals surface area contributed by atoms with E-state index in [0.29, 0.717) is 24.5 Å². The molecule has 7 heteroatoms. The van der Waals surface area contributed by atoms with Crippen LogP contribution in [0.25, 0.3) is 11.1 Å². The lowest BCUT2D eigenvalue weighted by molar-refractivity contribution is -0.132. The van der Waals surface area contributed by atoms with Gasteiger partial charge in [-0.15, -0.1) is 0 Å². The highest BCUT2D eigenvalue weighted by molar-refractivity contribution is 5.77. The first-order valence-corrected chi connectivity index (χ1v) is 11.2. The highest BCUT2D eigenvalue weighted by Gasteiger charge is 2.23.